The van der Waals surface area contributed by atoms with E-state index in [2.05, 4.69) is 35.2 Å². The van der Waals surface area contributed by atoms with Crippen molar-refractivity contribution in [2.24, 2.45) is 5.92 Å². The summed E-state index contributed by atoms with van der Waals surface area (Å²) in [5.41, 5.74) is 11.0. The van der Waals surface area contributed by atoms with E-state index in [9.17, 15) is 33.6 Å². The molecule has 7 rings (SSSR count). The van der Waals surface area contributed by atoms with Crippen LogP contribution in [0.4, 0.5) is 11.8 Å². The van der Waals surface area contributed by atoms with E-state index in [0.29, 0.717) is 18.6 Å². The molecular formula is C32H47N11O13P2S2. The predicted octanol–water partition coefficient (Wildman–Crippen LogP) is 2.16. The summed E-state index contributed by atoms with van der Waals surface area (Å²) < 4.78 is 64.9. The molecule has 0 saturated carbocycles. The number of hydrogen-bond acceptors (Lipinski definition) is 20. The maximum Gasteiger partial charge on any atom is 0.472 e. The zero-order valence-electron chi connectivity index (χ0n) is 32.8. The molecular weight excluding hydrogens is 872 g/mol. The van der Waals surface area contributed by atoms with Crippen LogP contribution in [0.15, 0.2) is 23.8 Å². The number of phosphoric acid groups is 2. The molecule has 0 aromatic carbocycles. The number of nitrogens with zero attached hydrogens (tertiary/aromatic N) is 7. The van der Waals surface area contributed by atoms with Gasteiger partial charge in [-0.05, 0) is 33.1 Å². The fourth-order valence-electron chi connectivity index (χ4n) is 7.01. The van der Waals surface area contributed by atoms with E-state index in [4.69, 9.17) is 39.0 Å². The Morgan fingerprint density at radius 3 is 2.37 bits per heavy atom. The smallest absolute Gasteiger partial charge is 0.386 e. The number of H-pyrrole nitrogens is 1. The maximum atomic E-state index is 13.9. The van der Waals surface area contributed by atoms with E-state index in [1.165, 1.54) is 38.9 Å². The molecule has 3 aliphatic heterocycles. The molecule has 1 amide bonds. The molecule has 9 N–H and O–H groups in total. The topological polar surface area (TPSA) is 339 Å². The van der Waals surface area contributed by atoms with Gasteiger partial charge in [-0.1, -0.05) is 35.4 Å². The van der Waals surface area contributed by atoms with Gasteiger partial charge in [-0.15, -0.1) is 0 Å². The van der Waals surface area contributed by atoms with Crippen molar-refractivity contribution in [3.8, 4) is 0 Å². The molecule has 0 spiro atoms. The average molecular weight is 920 g/mol. The first-order chi connectivity index (χ1) is 28.3. The Balaban J connectivity index is 1.13. The number of fused-ring (bicyclic) bond motifs is 5. The molecule has 4 aromatic rings. The van der Waals surface area contributed by atoms with Crippen LogP contribution in [0.3, 0.4) is 0 Å². The van der Waals surface area contributed by atoms with Crippen LogP contribution in [0.5, 0.6) is 0 Å². The number of ether oxygens (including phenoxy) is 2. The normalized spacial score (nSPS) is 32.0. The lowest BCUT2D eigenvalue weighted by Crippen LogP contribution is -2.42. The van der Waals surface area contributed by atoms with Crippen molar-refractivity contribution in [1.29, 1.82) is 0 Å². The van der Waals surface area contributed by atoms with E-state index in [0.717, 1.165) is 6.42 Å². The van der Waals surface area contributed by atoms with Crippen LogP contribution in [-0.4, -0.2) is 120 Å². The highest BCUT2D eigenvalue weighted by Crippen LogP contribution is 2.55. The lowest BCUT2D eigenvalue weighted by Gasteiger charge is -2.27. The third-order valence-corrected chi connectivity index (χ3v) is 15.4. The number of aliphatic hydroxyl groups excluding tert-OH is 1. The lowest BCUT2D eigenvalue weighted by atomic mass is 9.95. The Labute approximate surface area is 349 Å². The Hall–Kier alpha value is -3.23. The van der Waals surface area contributed by atoms with E-state index in [1.54, 1.807) is 10.8 Å². The first kappa shape index (κ1) is 44.8. The van der Waals surface area contributed by atoms with Crippen molar-refractivity contribution < 1.29 is 56.4 Å². The van der Waals surface area contributed by atoms with E-state index in [-0.39, 0.29) is 57.2 Å². The number of hydrogen-bond donors (Lipinski definition) is 7. The van der Waals surface area contributed by atoms with E-state index in [1.807, 2.05) is 27.7 Å². The number of carbonyl (C=O) groups excluding carboxylic acids is 1. The van der Waals surface area contributed by atoms with Gasteiger partial charge in [0.05, 0.1) is 32.0 Å². The van der Waals surface area contributed by atoms with Gasteiger partial charge in [-0.25, -0.2) is 29.1 Å². The van der Waals surface area contributed by atoms with Crippen LogP contribution in [0.25, 0.3) is 22.3 Å². The molecule has 60 heavy (non-hydrogen) atoms. The molecule has 0 radical (unpaired) electrons. The number of aromatic nitrogens is 8. The summed E-state index contributed by atoms with van der Waals surface area (Å²) in [5, 5.41) is 14.5. The fraction of sp³-hybridized carbons (Fsp3) is 0.656. The predicted molar refractivity (Wildman–Crippen MR) is 217 cm³/mol. The third-order valence-electron chi connectivity index (χ3n) is 10.4. The number of carbonyl (C=O) groups is 1. The molecule has 3 aliphatic rings. The van der Waals surface area contributed by atoms with Crippen molar-refractivity contribution in [2.45, 2.75) is 107 Å². The van der Waals surface area contributed by atoms with Crippen LogP contribution in [0.2, 0.25) is 0 Å². The second-order valence-corrected chi connectivity index (χ2v) is 20.9. The monoisotopic (exact) mass is 919 g/mol. The second kappa shape index (κ2) is 17.9. The summed E-state index contributed by atoms with van der Waals surface area (Å²) in [6.45, 7) is 6.53. The molecule has 0 aliphatic carbocycles. The summed E-state index contributed by atoms with van der Waals surface area (Å²) in [4.78, 5) is 70.5. The number of nitrogens with two attached hydrogens (primary N) is 2. The van der Waals surface area contributed by atoms with Gasteiger partial charge in [-0.2, -0.15) is 4.98 Å². The molecule has 4 aromatic heterocycles. The summed E-state index contributed by atoms with van der Waals surface area (Å²) in [6, 6.07) is 0. The van der Waals surface area contributed by atoms with Crippen LogP contribution >= 0.6 is 37.2 Å². The molecule has 11 atom stereocenters. The number of anilines is 2. The summed E-state index contributed by atoms with van der Waals surface area (Å²) in [6.07, 6.45) is -4.29. The quantitative estimate of drug-likeness (QED) is 0.0608. The van der Waals surface area contributed by atoms with E-state index < -0.39 is 83.3 Å². The molecule has 28 heteroatoms. The molecule has 3 fully saturated rings. The molecule has 330 valence electrons. The lowest BCUT2D eigenvalue weighted by molar-refractivity contribution is -0.122. The minimum absolute atomic E-state index is 0.0347. The largest absolute Gasteiger partial charge is 0.472 e. The van der Waals surface area contributed by atoms with Crippen molar-refractivity contribution >= 4 is 77.2 Å². The summed E-state index contributed by atoms with van der Waals surface area (Å²) in [7, 11) is -7.13. The van der Waals surface area contributed by atoms with Crippen molar-refractivity contribution in [3.63, 3.8) is 0 Å². The highest BCUT2D eigenvalue weighted by atomic mass is 33.1. The van der Waals surface area contributed by atoms with Crippen LogP contribution in [0, 0.1) is 5.92 Å². The standard InChI is InChI=1S/C32H47N11O13P2S2/c1-5-32(3,4)41-19(44)7-6-15(2)60-59-9-8-16-17-10-51-58(49,50)56-24-18(54-29(22(24)45)42-13-37-20-25(33)35-12-36-26(20)42)11-52-57(47,48)55-23(16)30(53-17)43-14-38-21-27(43)39-31(34)40-28(21)46/h12-18,22-24,29-30,45H,5-11H2,1-4H3,(H,41,44)(H,47,48)(H,49,50)(H2,33,35,36)(H3,34,39,40,46)/t15?,16?,17-,18-,22?,23?,24?,29-,30-/m1/s1. The number of imidazole rings is 2. The van der Waals surface area contributed by atoms with Crippen molar-refractivity contribution in [2.75, 3.05) is 30.4 Å². The number of aromatic amines is 1. The minimum Gasteiger partial charge on any atom is -0.386 e. The van der Waals surface area contributed by atoms with Gasteiger partial charge in [0.15, 0.2) is 35.1 Å². The van der Waals surface area contributed by atoms with Crippen molar-refractivity contribution in [3.05, 3.63) is 29.3 Å². The number of nitrogens with one attached hydrogen (secondary N) is 2. The van der Waals surface area contributed by atoms with E-state index >= 15 is 0 Å². The molecule has 7 unspecified atom stereocenters. The van der Waals surface area contributed by atoms with Crippen LogP contribution in [-0.2, 0) is 41.5 Å². The van der Waals surface area contributed by atoms with Gasteiger partial charge in [0.1, 0.15) is 36.3 Å². The summed E-state index contributed by atoms with van der Waals surface area (Å²) >= 11 is 0. The number of aliphatic hydroxyl groups is 1. The van der Waals surface area contributed by atoms with Gasteiger partial charge in [0.2, 0.25) is 11.9 Å². The third kappa shape index (κ3) is 9.85. The number of rotatable bonds is 12. The zero-order valence-corrected chi connectivity index (χ0v) is 36.2. The first-order valence-electron chi connectivity index (χ1n) is 18.9. The second-order valence-electron chi connectivity index (χ2n) is 15.2. The average Bonchev–Trinajstić information content (AvgIpc) is 3.95. The highest BCUT2D eigenvalue weighted by molar-refractivity contribution is 8.76. The number of amides is 1. The number of nitrogen functional groups attached to an aromatic ring is 2. The maximum absolute atomic E-state index is 13.9. The highest BCUT2D eigenvalue weighted by Gasteiger charge is 2.54. The molecule has 7 heterocycles. The Morgan fingerprint density at radius 1 is 1.00 bits per heavy atom. The molecule has 3 saturated heterocycles. The Bertz CT molecular complexity index is 2350. The van der Waals surface area contributed by atoms with Gasteiger partial charge in [0.25, 0.3) is 5.56 Å². The number of phosphoric ester groups is 2. The van der Waals surface area contributed by atoms with Gasteiger partial charge < -0.3 is 41.2 Å². The molecule has 2 bridgehead atoms. The minimum atomic E-state index is -5.09. The first-order valence-corrected chi connectivity index (χ1v) is 24.3. The fourth-order valence-corrected chi connectivity index (χ4v) is 11.4. The Morgan fingerprint density at radius 2 is 1.65 bits per heavy atom. The van der Waals surface area contributed by atoms with Crippen LogP contribution < -0.4 is 22.3 Å². The van der Waals surface area contributed by atoms with Gasteiger partial charge in [-0.3, -0.25) is 41.8 Å². The zero-order chi connectivity index (χ0) is 43.1. The Kier molecular flexibility index (Phi) is 13.3. The SMILES string of the molecule is CCC(C)(C)NC(=O)CCC(C)SSCCC1C2OP(=O)(O)OC[C@H]3O[C@@H](n4cnc5c(N)ncnc54)C(O)C3OP(=O)(O)OC[C@H]1O[C@H]2n1cnc2c(=O)[nH]c(N)nc21. The summed E-state index contributed by atoms with van der Waals surface area (Å²) in [5.74, 6) is -0.632. The van der Waals surface area contributed by atoms with Gasteiger partial charge >= 0.3 is 15.6 Å². The van der Waals surface area contributed by atoms with Crippen LogP contribution in [0.1, 0.15) is 65.8 Å². The van der Waals surface area contributed by atoms with Crippen molar-refractivity contribution in [1.82, 2.24) is 44.4 Å². The van der Waals surface area contributed by atoms with Gasteiger partial charge in [0, 0.05) is 28.9 Å². The molecule has 24 nitrogen and oxygen atoms in total.